The number of aliphatic carboxylic acids is 1. The van der Waals surface area contributed by atoms with Crippen molar-refractivity contribution < 1.29 is 39.5 Å². The average Bonchev–Trinajstić information content (AvgIpc) is 2.27. The molecule has 0 spiro atoms. The van der Waals surface area contributed by atoms with E-state index < -0.39 is 11.9 Å². The normalized spacial score (nSPS) is 12.8. The van der Waals surface area contributed by atoms with E-state index in [9.17, 15) is 9.90 Å². The molecule has 0 aliphatic carbocycles. The Kier molecular flexibility index (Phi) is 6.65. The summed E-state index contributed by atoms with van der Waals surface area (Å²) < 4.78 is 0. The number of benzene rings is 1. The summed E-state index contributed by atoms with van der Waals surface area (Å²) in [4.78, 5) is 10.7. The second-order valence-corrected chi connectivity index (χ2v) is 3.63. The van der Waals surface area contributed by atoms with Gasteiger partial charge in [0.05, 0.1) is 0 Å². The Morgan fingerprint density at radius 3 is 2.19 bits per heavy atom. The maximum absolute atomic E-state index is 10.7. The Morgan fingerprint density at radius 1 is 1.31 bits per heavy atom. The fourth-order valence-corrected chi connectivity index (χ4v) is 1.34. The van der Waals surface area contributed by atoms with E-state index in [2.05, 4.69) is 0 Å². The van der Waals surface area contributed by atoms with Gasteiger partial charge in [0, 0.05) is 11.9 Å². The largest absolute Gasteiger partial charge is 1.00 e. The van der Waals surface area contributed by atoms with Crippen molar-refractivity contribution in [2.24, 2.45) is 0 Å². The number of rotatable bonds is 3. The van der Waals surface area contributed by atoms with Gasteiger partial charge in [0.25, 0.3) is 0 Å². The van der Waals surface area contributed by atoms with E-state index in [4.69, 9.17) is 0 Å². The van der Waals surface area contributed by atoms with Crippen molar-refractivity contribution in [3.8, 4) is 0 Å². The van der Waals surface area contributed by atoms with Crippen LogP contribution in [0.4, 0.5) is 0 Å². The maximum Gasteiger partial charge on any atom is 1.00 e. The van der Waals surface area contributed by atoms with Crippen molar-refractivity contribution in [1.82, 2.24) is 0 Å². The van der Waals surface area contributed by atoms with Gasteiger partial charge in [-0.1, -0.05) is 37.3 Å². The molecule has 0 radical (unpaired) electrons. The SMILES string of the molecule is C/C=C(\C)c1ccc(C(C)C(=O)[O-])cc1.[Na+]. The minimum atomic E-state index is -1.04. The van der Waals surface area contributed by atoms with Gasteiger partial charge in [-0.2, -0.15) is 0 Å². The standard InChI is InChI=1S/C13H16O2.Na/c1-4-9(2)11-5-7-12(8-6-11)10(3)13(14)15;/h4-8,10H,1-3H3,(H,14,15);/q;+1/p-1/b9-4+;. The van der Waals surface area contributed by atoms with E-state index in [1.54, 1.807) is 6.92 Å². The second-order valence-electron chi connectivity index (χ2n) is 3.63. The molecular formula is C13H15NaO2. The van der Waals surface area contributed by atoms with Crippen molar-refractivity contribution in [3.63, 3.8) is 0 Å². The molecule has 1 atom stereocenters. The Balaban J connectivity index is 0.00000225. The summed E-state index contributed by atoms with van der Waals surface area (Å²) >= 11 is 0. The molecule has 0 aliphatic rings. The molecule has 0 fully saturated rings. The van der Waals surface area contributed by atoms with E-state index >= 15 is 0 Å². The second kappa shape index (κ2) is 6.89. The van der Waals surface area contributed by atoms with Crippen LogP contribution < -0.4 is 34.7 Å². The fraction of sp³-hybridized carbons (Fsp3) is 0.308. The average molecular weight is 226 g/mol. The van der Waals surface area contributed by atoms with Gasteiger partial charge >= 0.3 is 29.6 Å². The van der Waals surface area contributed by atoms with Gasteiger partial charge < -0.3 is 9.90 Å². The maximum atomic E-state index is 10.7. The van der Waals surface area contributed by atoms with Gasteiger partial charge in [-0.15, -0.1) is 0 Å². The predicted molar refractivity (Wildman–Crippen MR) is 59.2 cm³/mol. The van der Waals surface area contributed by atoms with Crippen molar-refractivity contribution in [1.29, 1.82) is 0 Å². The molecule has 0 aliphatic heterocycles. The van der Waals surface area contributed by atoms with Crippen molar-refractivity contribution in [2.45, 2.75) is 26.7 Å². The summed E-state index contributed by atoms with van der Waals surface area (Å²) in [6, 6.07) is 7.54. The van der Waals surface area contributed by atoms with Gasteiger partial charge in [-0.25, -0.2) is 0 Å². The third-order valence-electron chi connectivity index (χ3n) is 2.65. The Labute approximate surface area is 119 Å². The molecule has 0 N–H and O–H groups in total. The summed E-state index contributed by atoms with van der Waals surface area (Å²) in [5, 5.41) is 10.7. The summed E-state index contributed by atoms with van der Waals surface area (Å²) in [7, 11) is 0. The number of hydrogen-bond donors (Lipinski definition) is 0. The molecule has 3 heteroatoms. The number of carbonyl (C=O) groups excluding carboxylic acids is 1. The molecular weight excluding hydrogens is 211 g/mol. The summed E-state index contributed by atoms with van der Waals surface area (Å²) in [6.45, 7) is 5.64. The Hall–Kier alpha value is -0.570. The quantitative estimate of drug-likeness (QED) is 0.618. The summed E-state index contributed by atoms with van der Waals surface area (Å²) in [5.74, 6) is -1.59. The molecule has 1 aromatic rings. The van der Waals surface area contributed by atoms with Crippen molar-refractivity contribution >= 4 is 11.5 Å². The van der Waals surface area contributed by atoms with Gasteiger partial charge in [-0.05, 0) is 30.5 Å². The van der Waals surface area contributed by atoms with Crippen LogP contribution in [0.3, 0.4) is 0 Å². The molecule has 1 aromatic carbocycles. The van der Waals surface area contributed by atoms with E-state index in [-0.39, 0.29) is 29.6 Å². The zero-order valence-corrected chi connectivity index (χ0v) is 12.3. The smallest absolute Gasteiger partial charge is 0.550 e. The molecule has 2 nitrogen and oxygen atoms in total. The fourth-order valence-electron chi connectivity index (χ4n) is 1.34. The van der Waals surface area contributed by atoms with Gasteiger partial charge in [0.15, 0.2) is 0 Å². The molecule has 0 heterocycles. The summed E-state index contributed by atoms with van der Waals surface area (Å²) in [6.07, 6.45) is 2.02. The third-order valence-corrected chi connectivity index (χ3v) is 2.65. The van der Waals surface area contributed by atoms with Gasteiger partial charge in [0.1, 0.15) is 0 Å². The van der Waals surface area contributed by atoms with Crippen molar-refractivity contribution in [2.75, 3.05) is 0 Å². The number of carboxylic acids is 1. The van der Waals surface area contributed by atoms with Crippen LogP contribution in [0.15, 0.2) is 30.3 Å². The van der Waals surface area contributed by atoms with E-state index in [1.165, 1.54) is 5.57 Å². The molecule has 16 heavy (non-hydrogen) atoms. The number of hydrogen-bond acceptors (Lipinski definition) is 2. The Morgan fingerprint density at radius 2 is 1.81 bits per heavy atom. The van der Waals surface area contributed by atoms with Crippen LogP contribution in [-0.4, -0.2) is 5.97 Å². The van der Waals surface area contributed by atoms with E-state index in [0.29, 0.717) is 0 Å². The first-order valence-electron chi connectivity index (χ1n) is 5.00. The number of carboxylic acid groups (broad SMARTS) is 1. The van der Waals surface area contributed by atoms with Crippen LogP contribution in [0, 0.1) is 0 Å². The molecule has 1 unspecified atom stereocenters. The van der Waals surface area contributed by atoms with Gasteiger partial charge in [-0.3, -0.25) is 0 Å². The van der Waals surface area contributed by atoms with Crippen molar-refractivity contribution in [3.05, 3.63) is 41.5 Å². The van der Waals surface area contributed by atoms with Crippen LogP contribution in [0.5, 0.6) is 0 Å². The predicted octanol–water partition coefficient (Wildman–Crippen LogP) is -1.03. The molecule has 80 valence electrons. The van der Waals surface area contributed by atoms with Crippen LogP contribution >= 0.6 is 0 Å². The monoisotopic (exact) mass is 226 g/mol. The first-order chi connectivity index (χ1) is 7.06. The zero-order chi connectivity index (χ0) is 11.4. The first-order valence-corrected chi connectivity index (χ1v) is 5.00. The van der Waals surface area contributed by atoms with Crippen LogP contribution in [0.25, 0.3) is 5.57 Å². The van der Waals surface area contributed by atoms with Crippen LogP contribution in [0.2, 0.25) is 0 Å². The summed E-state index contributed by atoms with van der Waals surface area (Å²) in [5.41, 5.74) is 3.08. The molecule has 0 amide bonds. The molecule has 0 bridgehead atoms. The first kappa shape index (κ1) is 15.4. The van der Waals surface area contributed by atoms with Crippen LogP contribution in [-0.2, 0) is 4.79 Å². The minimum Gasteiger partial charge on any atom is -0.550 e. The number of allylic oxidation sites excluding steroid dienone is 2. The van der Waals surface area contributed by atoms with Gasteiger partial charge in [0.2, 0.25) is 0 Å². The topological polar surface area (TPSA) is 40.1 Å². The third kappa shape index (κ3) is 3.78. The number of carbonyl (C=O) groups is 1. The molecule has 0 saturated carbocycles. The van der Waals surface area contributed by atoms with E-state index in [0.717, 1.165) is 11.1 Å². The molecule has 0 aromatic heterocycles. The van der Waals surface area contributed by atoms with E-state index in [1.807, 2.05) is 44.2 Å². The zero-order valence-electron chi connectivity index (χ0n) is 10.3. The van der Waals surface area contributed by atoms with Crippen LogP contribution in [0.1, 0.15) is 37.8 Å². The molecule has 0 saturated heterocycles. The minimum absolute atomic E-state index is 0. The Bertz CT molecular complexity index is 379. The molecule has 1 rings (SSSR count).